The van der Waals surface area contributed by atoms with Crippen molar-refractivity contribution >= 4 is 33.1 Å². The molecule has 1 N–H and O–H groups in total. The number of amides is 1. The molecule has 0 saturated heterocycles. The second kappa shape index (κ2) is 9.64. The Morgan fingerprint density at radius 2 is 1.69 bits per heavy atom. The number of aromatic nitrogens is 2. The lowest BCUT2D eigenvalue weighted by atomic mass is 9.90. The molecular weight excluding hydrogens is 495 g/mol. The van der Waals surface area contributed by atoms with Gasteiger partial charge in [-0.15, -0.1) is 0 Å². The Labute approximate surface area is 207 Å². The molecule has 1 aliphatic rings. The normalized spacial score (nSPS) is 18.7. The van der Waals surface area contributed by atoms with Gasteiger partial charge in [-0.1, -0.05) is 6.07 Å². The minimum Gasteiger partial charge on any atom is -0.358 e. The standard InChI is InChI=1S/C24H28F3N5O3S/c1-30(22-6-4-5-21-29-20(15-32(21)22)24(25,26)27)18-13-9-17(10-14-18)28-23(33)16-7-11-19(12-8-16)31(2)36(3,34)35/h4-8,11-12,15,17-18H,9-10,13-14H2,1-3H3,(H,28,33)/t17-,18+. The number of benzene rings is 1. The van der Waals surface area contributed by atoms with E-state index in [4.69, 9.17) is 0 Å². The smallest absolute Gasteiger partial charge is 0.358 e. The summed E-state index contributed by atoms with van der Waals surface area (Å²) in [7, 11) is -0.0794. The summed E-state index contributed by atoms with van der Waals surface area (Å²) in [4.78, 5) is 18.4. The first-order valence-corrected chi connectivity index (χ1v) is 13.3. The third-order valence-electron chi connectivity index (χ3n) is 6.69. The van der Waals surface area contributed by atoms with Crippen LogP contribution in [-0.4, -0.2) is 56.1 Å². The summed E-state index contributed by atoms with van der Waals surface area (Å²) in [6.45, 7) is 0. The summed E-state index contributed by atoms with van der Waals surface area (Å²) in [6, 6.07) is 11.4. The average Bonchev–Trinajstić information content (AvgIpc) is 3.28. The van der Waals surface area contributed by atoms with Crippen molar-refractivity contribution in [2.24, 2.45) is 0 Å². The Morgan fingerprint density at radius 3 is 2.28 bits per heavy atom. The van der Waals surface area contributed by atoms with Crippen LogP contribution < -0.4 is 14.5 Å². The third kappa shape index (κ3) is 5.43. The number of carbonyl (C=O) groups excluding carboxylic acids is 1. The number of nitrogens with zero attached hydrogens (tertiary/aromatic N) is 4. The lowest BCUT2D eigenvalue weighted by molar-refractivity contribution is -0.140. The number of hydrogen-bond donors (Lipinski definition) is 1. The average molecular weight is 524 g/mol. The van der Waals surface area contributed by atoms with Crippen molar-refractivity contribution in [2.75, 3.05) is 29.6 Å². The van der Waals surface area contributed by atoms with Crippen molar-refractivity contribution in [3.8, 4) is 0 Å². The highest BCUT2D eigenvalue weighted by molar-refractivity contribution is 7.92. The summed E-state index contributed by atoms with van der Waals surface area (Å²) < 4.78 is 65.4. The summed E-state index contributed by atoms with van der Waals surface area (Å²) in [6.07, 6.45) is 0.589. The molecule has 36 heavy (non-hydrogen) atoms. The number of halogens is 3. The molecule has 8 nitrogen and oxygen atoms in total. The van der Waals surface area contributed by atoms with E-state index in [2.05, 4.69) is 10.3 Å². The number of carbonyl (C=O) groups is 1. The van der Waals surface area contributed by atoms with Crippen LogP contribution in [0.15, 0.2) is 48.7 Å². The molecule has 2 heterocycles. The predicted octanol–water partition coefficient (Wildman–Crippen LogP) is 3.93. The van der Waals surface area contributed by atoms with Gasteiger partial charge in [0.25, 0.3) is 5.91 Å². The SMILES string of the molecule is CN(c1ccc(C(=O)N[C@H]2CC[C@@H](N(C)c3cccc4nc(C(F)(F)F)cn34)CC2)cc1)S(C)(=O)=O. The van der Waals surface area contributed by atoms with E-state index in [9.17, 15) is 26.4 Å². The first-order valence-electron chi connectivity index (χ1n) is 11.5. The molecule has 1 amide bonds. The molecule has 0 spiro atoms. The number of pyridine rings is 1. The van der Waals surface area contributed by atoms with Crippen LogP contribution in [0.1, 0.15) is 41.7 Å². The molecule has 3 aromatic rings. The van der Waals surface area contributed by atoms with Gasteiger partial charge in [0.05, 0.1) is 11.9 Å². The Balaban J connectivity index is 1.37. The number of sulfonamides is 1. The number of alkyl halides is 3. The zero-order chi connectivity index (χ0) is 26.3. The number of anilines is 2. The molecule has 194 valence electrons. The van der Waals surface area contributed by atoms with Gasteiger partial charge < -0.3 is 10.2 Å². The van der Waals surface area contributed by atoms with Gasteiger partial charge in [0.1, 0.15) is 11.5 Å². The highest BCUT2D eigenvalue weighted by atomic mass is 32.2. The molecule has 0 radical (unpaired) electrons. The third-order valence-corrected chi connectivity index (χ3v) is 7.90. The number of imidazole rings is 1. The van der Waals surface area contributed by atoms with Crippen LogP contribution >= 0.6 is 0 Å². The van der Waals surface area contributed by atoms with Gasteiger partial charge in [-0.25, -0.2) is 13.4 Å². The molecule has 4 rings (SSSR count). The zero-order valence-corrected chi connectivity index (χ0v) is 21.0. The van der Waals surface area contributed by atoms with E-state index in [1.54, 1.807) is 42.5 Å². The molecule has 2 aromatic heterocycles. The number of hydrogen-bond acceptors (Lipinski definition) is 5. The molecule has 0 unspecified atom stereocenters. The monoisotopic (exact) mass is 523 g/mol. The maximum absolute atomic E-state index is 13.1. The van der Waals surface area contributed by atoms with E-state index < -0.39 is 21.9 Å². The van der Waals surface area contributed by atoms with Crippen molar-refractivity contribution in [1.29, 1.82) is 0 Å². The highest BCUT2D eigenvalue weighted by Crippen LogP contribution is 2.32. The molecule has 1 saturated carbocycles. The highest BCUT2D eigenvalue weighted by Gasteiger charge is 2.34. The molecule has 0 atom stereocenters. The number of nitrogens with one attached hydrogen (secondary N) is 1. The van der Waals surface area contributed by atoms with Crippen molar-refractivity contribution in [1.82, 2.24) is 14.7 Å². The van der Waals surface area contributed by atoms with E-state index in [-0.39, 0.29) is 23.6 Å². The van der Waals surface area contributed by atoms with Gasteiger partial charge in [0, 0.05) is 37.9 Å². The van der Waals surface area contributed by atoms with Crippen LogP contribution in [0.3, 0.4) is 0 Å². The van der Waals surface area contributed by atoms with Gasteiger partial charge in [0.15, 0.2) is 5.69 Å². The van der Waals surface area contributed by atoms with Crippen LogP contribution in [0.5, 0.6) is 0 Å². The van der Waals surface area contributed by atoms with Crippen LogP contribution in [0.2, 0.25) is 0 Å². The van der Waals surface area contributed by atoms with E-state index >= 15 is 0 Å². The minimum atomic E-state index is -4.51. The van der Waals surface area contributed by atoms with E-state index in [1.165, 1.54) is 11.4 Å². The summed E-state index contributed by atoms with van der Waals surface area (Å²) in [5.74, 6) is 0.394. The quantitative estimate of drug-likeness (QED) is 0.529. The molecular formula is C24H28F3N5O3S. The molecule has 1 fully saturated rings. The van der Waals surface area contributed by atoms with E-state index in [0.29, 0.717) is 17.1 Å². The van der Waals surface area contributed by atoms with Gasteiger partial charge in [-0.05, 0) is 62.1 Å². The maximum Gasteiger partial charge on any atom is 0.434 e. The number of fused-ring (bicyclic) bond motifs is 1. The minimum absolute atomic E-state index is 0.0265. The van der Waals surface area contributed by atoms with Crippen LogP contribution in [0.25, 0.3) is 5.65 Å². The Kier molecular flexibility index (Phi) is 6.91. The van der Waals surface area contributed by atoms with E-state index in [0.717, 1.165) is 42.4 Å². The van der Waals surface area contributed by atoms with Crippen LogP contribution in [-0.2, 0) is 16.2 Å². The van der Waals surface area contributed by atoms with Gasteiger partial charge in [-0.3, -0.25) is 13.5 Å². The first-order chi connectivity index (χ1) is 16.8. The van der Waals surface area contributed by atoms with Crippen molar-refractivity contribution in [2.45, 2.75) is 43.9 Å². The Bertz CT molecular complexity index is 1350. The molecule has 1 aliphatic carbocycles. The summed E-state index contributed by atoms with van der Waals surface area (Å²) in [5.41, 5.74) is 0.215. The maximum atomic E-state index is 13.1. The fraction of sp³-hybridized carbons (Fsp3) is 0.417. The molecule has 12 heteroatoms. The molecule has 1 aromatic carbocycles. The van der Waals surface area contributed by atoms with E-state index in [1.807, 2.05) is 11.9 Å². The Hall–Kier alpha value is -3.28. The van der Waals surface area contributed by atoms with Crippen molar-refractivity contribution in [3.63, 3.8) is 0 Å². The van der Waals surface area contributed by atoms with Gasteiger partial charge in [-0.2, -0.15) is 13.2 Å². The first kappa shape index (κ1) is 25.8. The van der Waals surface area contributed by atoms with Crippen LogP contribution in [0, 0.1) is 0 Å². The second-order valence-corrected chi connectivity index (χ2v) is 11.1. The summed E-state index contributed by atoms with van der Waals surface area (Å²) >= 11 is 0. The fourth-order valence-electron chi connectivity index (χ4n) is 4.50. The second-order valence-electron chi connectivity index (χ2n) is 9.10. The lowest BCUT2D eigenvalue weighted by Crippen LogP contribution is -2.43. The van der Waals surface area contributed by atoms with Crippen molar-refractivity contribution in [3.05, 3.63) is 59.9 Å². The number of rotatable bonds is 6. The molecule has 0 aliphatic heterocycles. The summed E-state index contributed by atoms with van der Waals surface area (Å²) in [5, 5.41) is 3.03. The van der Waals surface area contributed by atoms with Gasteiger partial charge >= 0.3 is 6.18 Å². The van der Waals surface area contributed by atoms with Crippen molar-refractivity contribution < 1.29 is 26.4 Å². The zero-order valence-electron chi connectivity index (χ0n) is 20.2. The van der Waals surface area contributed by atoms with Crippen LogP contribution in [0.4, 0.5) is 24.7 Å². The van der Waals surface area contributed by atoms with Gasteiger partial charge in [0.2, 0.25) is 10.0 Å². The largest absolute Gasteiger partial charge is 0.434 e. The molecule has 0 bridgehead atoms. The Morgan fingerprint density at radius 1 is 1.06 bits per heavy atom. The lowest BCUT2D eigenvalue weighted by Gasteiger charge is -2.36. The fourth-order valence-corrected chi connectivity index (χ4v) is 5.00. The topological polar surface area (TPSA) is 87.0 Å². The predicted molar refractivity (Wildman–Crippen MR) is 132 cm³/mol.